The van der Waals surface area contributed by atoms with Crippen molar-refractivity contribution in [3.63, 3.8) is 0 Å². The van der Waals surface area contributed by atoms with Crippen molar-refractivity contribution in [3.05, 3.63) is 35.1 Å². The first-order chi connectivity index (χ1) is 10.8. The first-order valence-corrected chi connectivity index (χ1v) is 9.13. The standard InChI is InChI=1S/C15H19FN2O4S/c1-10-2-3-11(8-13(10)16)14(19)17-5-6-18-15(20)12-4-7-23(21,22)9-12/h2-3,8,12H,4-7,9H2,1H3,(H,17,19)(H,18,20). The number of benzene rings is 1. The van der Waals surface area contributed by atoms with Gasteiger partial charge in [0.2, 0.25) is 5.91 Å². The summed E-state index contributed by atoms with van der Waals surface area (Å²) < 4.78 is 36.0. The van der Waals surface area contributed by atoms with Gasteiger partial charge in [-0.3, -0.25) is 9.59 Å². The Morgan fingerprint density at radius 3 is 2.57 bits per heavy atom. The van der Waals surface area contributed by atoms with Crippen LogP contribution in [0.1, 0.15) is 22.3 Å². The van der Waals surface area contributed by atoms with Crippen LogP contribution in [0.25, 0.3) is 0 Å². The highest BCUT2D eigenvalue weighted by atomic mass is 32.2. The number of carbonyl (C=O) groups is 2. The molecule has 8 heteroatoms. The minimum absolute atomic E-state index is 0.0425. The maximum atomic E-state index is 13.4. The van der Waals surface area contributed by atoms with Gasteiger partial charge >= 0.3 is 0 Å². The molecule has 0 radical (unpaired) electrons. The molecular formula is C15H19FN2O4S. The molecule has 2 amide bonds. The molecule has 0 spiro atoms. The Kier molecular flexibility index (Phi) is 5.35. The molecule has 1 heterocycles. The molecule has 1 fully saturated rings. The van der Waals surface area contributed by atoms with Gasteiger partial charge in [-0.2, -0.15) is 0 Å². The van der Waals surface area contributed by atoms with Gasteiger partial charge < -0.3 is 10.6 Å². The molecule has 1 unspecified atom stereocenters. The lowest BCUT2D eigenvalue weighted by molar-refractivity contribution is -0.124. The maximum Gasteiger partial charge on any atom is 0.251 e. The van der Waals surface area contributed by atoms with Crippen molar-refractivity contribution >= 4 is 21.7 Å². The quantitative estimate of drug-likeness (QED) is 0.759. The molecule has 23 heavy (non-hydrogen) atoms. The molecule has 1 atom stereocenters. The molecule has 6 nitrogen and oxygen atoms in total. The topological polar surface area (TPSA) is 92.3 Å². The summed E-state index contributed by atoms with van der Waals surface area (Å²) in [4.78, 5) is 23.6. The van der Waals surface area contributed by atoms with Gasteiger partial charge in [0, 0.05) is 18.7 Å². The van der Waals surface area contributed by atoms with E-state index in [1.54, 1.807) is 6.92 Å². The van der Waals surface area contributed by atoms with Gasteiger partial charge in [0.05, 0.1) is 17.4 Å². The Morgan fingerprint density at radius 1 is 1.26 bits per heavy atom. The van der Waals surface area contributed by atoms with Gasteiger partial charge in [-0.1, -0.05) is 6.07 Å². The molecule has 0 saturated carbocycles. The smallest absolute Gasteiger partial charge is 0.251 e. The molecule has 1 saturated heterocycles. The third-order valence-corrected chi connectivity index (χ3v) is 5.51. The van der Waals surface area contributed by atoms with Crippen molar-refractivity contribution in [2.75, 3.05) is 24.6 Å². The molecule has 1 aromatic rings. The number of carbonyl (C=O) groups excluding carboxylic acids is 2. The molecule has 126 valence electrons. The zero-order valence-electron chi connectivity index (χ0n) is 12.8. The second-order valence-electron chi connectivity index (χ2n) is 5.61. The molecule has 0 aliphatic carbocycles. The lowest BCUT2D eigenvalue weighted by Gasteiger charge is -2.10. The van der Waals surface area contributed by atoms with Crippen LogP contribution in [0, 0.1) is 18.7 Å². The molecule has 0 bridgehead atoms. The van der Waals surface area contributed by atoms with Gasteiger partial charge in [0.1, 0.15) is 5.82 Å². The SMILES string of the molecule is Cc1ccc(C(=O)NCCNC(=O)C2CCS(=O)(=O)C2)cc1F. The van der Waals surface area contributed by atoms with Crippen LogP contribution in [0.2, 0.25) is 0 Å². The number of halogens is 1. The summed E-state index contributed by atoms with van der Waals surface area (Å²) in [6.45, 7) is 1.98. The average molecular weight is 342 g/mol. The van der Waals surface area contributed by atoms with Crippen LogP contribution in [0.4, 0.5) is 4.39 Å². The fourth-order valence-corrected chi connectivity index (χ4v) is 4.09. The summed E-state index contributed by atoms with van der Waals surface area (Å²) in [6.07, 6.45) is 0.336. The first-order valence-electron chi connectivity index (χ1n) is 7.31. The third kappa shape index (κ3) is 4.75. The number of hydrogen-bond donors (Lipinski definition) is 2. The summed E-state index contributed by atoms with van der Waals surface area (Å²) >= 11 is 0. The molecule has 2 rings (SSSR count). The van der Waals surface area contributed by atoms with Crippen LogP contribution < -0.4 is 10.6 Å². The van der Waals surface area contributed by atoms with Crippen molar-refractivity contribution in [2.24, 2.45) is 5.92 Å². The van der Waals surface area contributed by atoms with E-state index >= 15 is 0 Å². The Bertz CT molecular complexity index is 718. The van der Waals surface area contributed by atoms with E-state index in [9.17, 15) is 22.4 Å². The number of amides is 2. The second-order valence-corrected chi connectivity index (χ2v) is 7.84. The number of nitrogens with one attached hydrogen (secondary N) is 2. The molecule has 1 aromatic carbocycles. The van der Waals surface area contributed by atoms with Gasteiger partial charge in [-0.05, 0) is 31.0 Å². The number of aryl methyl sites for hydroxylation is 1. The van der Waals surface area contributed by atoms with Gasteiger partial charge in [-0.25, -0.2) is 12.8 Å². The van der Waals surface area contributed by atoms with Crippen LogP contribution >= 0.6 is 0 Å². The van der Waals surface area contributed by atoms with E-state index in [2.05, 4.69) is 10.6 Å². The lowest BCUT2D eigenvalue weighted by atomic mass is 10.1. The van der Waals surface area contributed by atoms with E-state index in [-0.39, 0.29) is 36.1 Å². The van der Waals surface area contributed by atoms with E-state index in [0.29, 0.717) is 12.0 Å². The van der Waals surface area contributed by atoms with E-state index in [1.807, 2.05) is 0 Å². The van der Waals surface area contributed by atoms with Crippen LogP contribution in [0.15, 0.2) is 18.2 Å². The Labute approximate surface area is 134 Å². The lowest BCUT2D eigenvalue weighted by Crippen LogP contribution is -2.38. The third-order valence-electron chi connectivity index (χ3n) is 3.75. The molecule has 1 aliphatic heterocycles. The highest BCUT2D eigenvalue weighted by Gasteiger charge is 2.32. The van der Waals surface area contributed by atoms with Crippen molar-refractivity contribution in [1.29, 1.82) is 0 Å². The Balaban J connectivity index is 1.73. The van der Waals surface area contributed by atoms with Crippen LogP contribution in [-0.4, -0.2) is 44.8 Å². The minimum Gasteiger partial charge on any atom is -0.354 e. The maximum absolute atomic E-state index is 13.4. The predicted molar refractivity (Wildman–Crippen MR) is 83.2 cm³/mol. The minimum atomic E-state index is -3.09. The number of hydrogen-bond acceptors (Lipinski definition) is 4. The van der Waals surface area contributed by atoms with E-state index in [1.165, 1.54) is 12.1 Å². The zero-order valence-corrected chi connectivity index (χ0v) is 13.6. The zero-order chi connectivity index (χ0) is 17.0. The monoisotopic (exact) mass is 342 g/mol. The highest BCUT2D eigenvalue weighted by Crippen LogP contribution is 2.18. The summed E-state index contributed by atoms with van der Waals surface area (Å²) in [6, 6.07) is 4.20. The Hall–Kier alpha value is -1.96. The van der Waals surface area contributed by atoms with Gasteiger partial charge in [0.25, 0.3) is 5.91 Å². The molecule has 1 aliphatic rings. The van der Waals surface area contributed by atoms with E-state index < -0.39 is 27.5 Å². The summed E-state index contributed by atoms with van der Waals surface area (Å²) in [5, 5.41) is 5.17. The number of rotatable bonds is 5. The summed E-state index contributed by atoms with van der Waals surface area (Å²) in [5.74, 6) is -1.78. The molecule has 2 N–H and O–H groups in total. The van der Waals surface area contributed by atoms with Crippen LogP contribution in [0.3, 0.4) is 0 Å². The first kappa shape index (κ1) is 17.4. The normalized spacial score (nSPS) is 19.3. The van der Waals surface area contributed by atoms with Crippen LogP contribution in [-0.2, 0) is 14.6 Å². The van der Waals surface area contributed by atoms with Crippen LogP contribution in [0.5, 0.6) is 0 Å². The van der Waals surface area contributed by atoms with Gasteiger partial charge in [-0.15, -0.1) is 0 Å². The predicted octanol–water partition coefficient (Wildman–Crippen LogP) is 0.415. The van der Waals surface area contributed by atoms with E-state index in [0.717, 1.165) is 6.07 Å². The second kappa shape index (κ2) is 7.08. The van der Waals surface area contributed by atoms with Crippen molar-refractivity contribution in [1.82, 2.24) is 10.6 Å². The van der Waals surface area contributed by atoms with Gasteiger partial charge in [0.15, 0.2) is 9.84 Å². The summed E-state index contributed by atoms with van der Waals surface area (Å²) in [7, 11) is -3.09. The largest absolute Gasteiger partial charge is 0.354 e. The van der Waals surface area contributed by atoms with Crippen molar-refractivity contribution in [2.45, 2.75) is 13.3 Å². The van der Waals surface area contributed by atoms with Crippen molar-refractivity contribution in [3.8, 4) is 0 Å². The molecule has 0 aromatic heterocycles. The Morgan fingerprint density at radius 2 is 1.96 bits per heavy atom. The average Bonchev–Trinajstić information content (AvgIpc) is 2.86. The number of sulfone groups is 1. The van der Waals surface area contributed by atoms with Crippen molar-refractivity contribution < 1.29 is 22.4 Å². The molecular weight excluding hydrogens is 323 g/mol. The summed E-state index contributed by atoms with van der Waals surface area (Å²) in [5.41, 5.74) is 0.668. The van der Waals surface area contributed by atoms with E-state index in [4.69, 9.17) is 0 Å². The fourth-order valence-electron chi connectivity index (χ4n) is 2.34. The highest BCUT2D eigenvalue weighted by molar-refractivity contribution is 7.91. The fraction of sp³-hybridized carbons (Fsp3) is 0.467.